The number of methoxy groups -OCH3 is 1. The van der Waals surface area contributed by atoms with Crippen LogP contribution in [0.3, 0.4) is 0 Å². The Balaban J connectivity index is 2.68. The summed E-state index contributed by atoms with van der Waals surface area (Å²) < 4.78 is 9.88. The molecule has 20 heavy (non-hydrogen) atoms. The van der Waals surface area contributed by atoms with E-state index in [2.05, 4.69) is 5.32 Å². The molecule has 1 amide bonds. The number of ether oxygens (including phenoxy) is 2. The Kier molecular flexibility index (Phi) is 6.14. The zero-order valence-corrected chi connectivity index (χ0v) is 11.9. The summed E-state index contributed by atoms with van der Waals surface area (Å²) in [7, 11) is 1.55. The molecule has 0 aliphatic carbocycles. The van der Waals surface area contributed by atoms with Crippen LogP contribution >= 0.6 is 0 Å². The lowest BCUT2D eigenvalue weighted by Crippen LogP contribution is -2.20. The Bertz CT molecular complexity index is 499. The second-order valence-electron chi connectivity index (χ2n) is 4.36. The number of anilines is 1. The van der Waals surface area contributed by atoms with Gasteiger partial charge in [0, 0.05) is 12.8 Å². The van der Waals surface area contributed by atoms with Crippen LogP contribution in [0.2, 0.25) is 0 Å². The highest BCUT2D eigenvalue weighted by Crippen LogP contribution is 2.20. The van der Waals surface area contributed by atoms with Gasteiger partial charge in [-0.1, -0.05) is 0 Å². The van der Waals surface area contributed by atoms with Gasteiger partial charge >= 0.3 is 5.97 Å². The number of benzene rings is 1. The minimum absolute atomic E-state index is 0.0985. The van der Waals surface area contributed by atoms with Crippen LogP contribution in [0.25, 0.3) is 0 Å². The maximum atomic E-state index is 11.6. The van der Waals surface area contributed by atoms with Gasteiger partial charge in [0.25, 0.3) is 0 Å². The number of nitrogens with one attached hydrogen (secondary N) is 1. The van der Waals surface area contributed by atoms with E-state index in [1.807, 2.05) is 0 Å². The first-order valence-electron chi connectivity index (χ1n) is 6.16. The van der Waals surface area contributed by atoms with E-state index in [0.717, 1.165) is 5.56 Å². The molecule has 0 spiro atoms. The number of hydrogen-bond acceptors (Lipinski definition) is 4. The van der Waals surface area contributed by atoms with Crippen molar-refractivity contribution in [2.45, 2.75) is 13.8 Å². The zero-order chi connectivity index (χ0) is 15.1. The second-order valence-corrected chi connectivity index (χ2v) is 4.36. The summed E-state index contributed by atoms with van der Waals surface area (Å²) in [4.78, 5) is 22.7. The SMILES string of the molecule is COCCOCC(=O)Nc1cc(C)c(C)c(C(=O)O)c1. The standard InChI is InChI=1S/C14H19NO5/c1-9-6-11(7-12(10(9)2)14(17)18)15-13(16)8-20-5-4-19-3/h6-7H,4-5,8H2,1-3H3,(H,15,16)(H,17,18). The lowest BCUT2D eigenvalue weighted by molar-refractivity contribution is -0.121. The Labute approximate surface area is 117 Å². The highest BCUT2D eigenvalue weighted by atomic mass is 16.5. The van der Waals surface area contributed by atoms with Crippen LogP contribution in [0.15, 0.2) is 12.1 Å². The molecule has 0 fully saturated rings. The van der Waals surface area contributed by atoms with Gasteiger partial charge in [-0.25, -0.2) is 4.79 Å². The summed E-state index contributed by atoms with van der Waals surface area (Å²) in [5.41, 5.74) is 2.12. The summed E-state index contributed by atoms with van der Waals surface area (Å²) >= 11 is 0. The fourth-order valence-electron chi connectivity index (χ4n) is 1.66. The molecule has 6 nitrogen and oxygen atoms in total. The molecule has 0 unspecified atom stereocenters. The van der Waals surface area contributed by atoms with Crippen molar-refractivity contribution >= 4 is 17.6 Å². The average Bonchev–Trinajstić information content (AvgIpc) is 2.38. The van der Waals surface area contributed by atoms with Gasteiger partial charge in [0.15, 0.2) is 0 Å². The summed E-state index contributed by atoms with van der Waals surface area (Å²) in [6.07, 6.45) is 0. The van der Waals surface area contributed by atoms with Gasteiger partial charge in [0.2, 0.25) is 5.91 Å². The van der Waals surface area contributed by atoms with Crippen molar-refractivity contribution in [3.8, 4) is 0 Å². The number of carbonyl (C=O) groups is 2. The molecule has 0 heterocycles. The number of amides is 1. The third-order valence-corrected chi connectivity index (χ3v) is 2.85. The fourth-order valence-corrected chi connectivity index (χ4v) is 1.66. The molecule has 0 radical (unpaired) electrons. The lowest BCUT2D eigenvalue weighted by Gasteiger charge is -2.11. The van der Waals surface area contributed by atoms with E-state index in [0.29, 0.717) is 24.5 Å². The van der Waals surface area contributed by atoms with Gasteiger partial charge in [-0.05, 0) is 37.1 Å². The summed E-state index contributed by atoms with van der Waals surface area (Å²) in [5, 5.41) is 11.7. The summed E-state index contributed by atoms with van der Waals surface area (Å²) in [6.45, 7) is 4.18. The predicted molar refractivity (Wildman–Crippen MR) is 74.2 cm³/mol. The lowest BCUT2D eigenvalue weighted by atomic mass is 10.0. The molecule has 1 rings (SSSR count). The Morgan fingerprint density at radius 1 is 1.25 bits per heavy atom. The molecule has 0 aliphatic heterocycles. The summed E-state index contributed by atoms with van der Waals surface area (Å²) in [6, 6.07) is 3.17. The third-order valence-electron chi connectivity index (χ3n) is 2.85. The quantitative estimate of drug-likeness (QED) is 0.742. The molecule has 0 saturated heterocycles. The average molecular weight is 281 g/mol. The first-order chi connectivity index (χ1) is 9.45. The number of aromatic carboxylic acids is 1. The van der Waals surface area contributed by atoms with Crippen LogP contribution in [-0.4, -0.2) is 43.9 Å². The van der Waals surface area contributed by atoms with Gasteiger partial charge in [-0.2, -0.15) is 0 Å². The molecule has 0 saturated carbocycles. The first kappa shape index (κ1) is 16.1. The second kappa shape index (κ2) is 7.62. The van der Waals surface area contributed by atoms with Crippen LogP contribution in [-0.2, 0) is 14.3 Å². The van der Waals surface area contributed by atoms with Crippen LogP contribution in [0.4, 0.5) is 5.69 Å². The normalized spacial score (nSPS) is 10.3. The van der Waals surface area contributed by atoms with Crippen LogP contribution in [0.5, 0.6) is 0 Å². The molecule has 110 valence electrons. The molecule has 1 aromatic rings. The maximum Gasteiger partial charge on any atom is 0.336 e. The van der Waals surface area contributed by atoms with E-state index < -0.39 is 5.97 Å². The minimum atomic E-state index is -1.02. The molecule has 0 aromatic heterocycles. The monoisotopic (exact) mass is 281 g/mol. The zero-order valence-electron chi connectivity index (χ0n) is 11.9. The van der Waals surface area contributed by atoms with Crippen LogP contribution in [0.1, 0.15) is 21.5 Å². The van der Waals surface area contributed by atoms with Crippen LogP contribution < -0.4 is 5.32 Å². The van der Waals surface area contributed by atoms with Crippen molar-refractivity contribution in [2.75, 3.05) is 32.2 Å². The smallest absolute Gasteiger partial charge is 0.336 e. The topological polar surface area (TPSA) is 84.9 Å². The number of aryl methyl sites for hydroxylation is 1. The van der Waals surface area contributed by atoms with E-state index in [1.165, 1.54) is 6.07 Å². The van der Waals surface area contributed by atoms with E-state index in [-0.39, 0.29) is 18.1 Å². The Hall–Kier alpha value is -1.92. The van der Waals surface area contributed by atoms with E-state index in [9.17, 15) is 9.59 Å². The number of rotatable bonds is 7. The summed E-state index contributed by atoms with van der Waals surface area (Å²) in [5.74, 6) is -1.35. The number of carboxylic acids is 1. The van der Waals surface area contributed by atoms with Crippen molar-refractivity contribution in [1.29, 1.82) is 0 Å². The van der Waals surface area contributed by atoms with Crippen molar-refractivity contribution in [2.24, 2.45) is 0 Å². The Morgan fingerprint density at radius 3 is 2.55 bits per heavy atom. The Morgan fingerprint density at radius 2 is 1.95 bits per heavy atom. The fraction of sp³-hybridized carbons (Fsp3) is 0.429. The van der Waals surface area contributed by atoms with Crippen molar-refractivity contribution < 1.29 is 24.2 Å². The van der Waals surface area contributed by atoms with Gasteiger partial charge in [0.1, 0.15) is 6.61 Å². The van der Waals surface area contributed by atoms with E-state index in [4.69, 9.17) is 14.6 Å². The van der Waals surface area contributed by atoms with Crippen molar-refractivity contribution in [3.05, 3.63) is 28.8 Å². The van der Waals surface area contributed by atoms with Crippen molar-refractivity contribution in [3.63, 3.8) is 0 Å². The molecular formula is C14H19NO5. The van der Waals surface area contributed by atoms with E-state index >= 15 is 0 Å². The van der Waals surface area contributed by atoms with Gasteiger partial charge < -0.3 is 19.9 Å². The minimum Gasteiger partial charge on any atom is -0.478 e. The number of hydrogen-bond donors (Lipinski definition) is 2. The molecule has 0 aliphatic rings. The highest BCUT2D eigenvalue weighted by molar-refractivity contribution is 5.95. The van der Waals surface area contributed by atoms with E-state index in [1.54, 1.807) is 27.0 Å². The van der Waals surface area contributed by atoms with Crippen molar-refractivity contribution in [1.82, 2.24) is 0 Å². The largest absolute Gasteiger partial charge is 0.478 e. The third kappa shape index (κ3) is 4.64. The number of carboxylic acid groups (broad SMARTS) is 1. The predicted octanol–water partition coefficient (Wildman–Crippen LogP) is 1.60. The molecule has 0 bridgehead atoms. The molecular weight excluding hydrogens is 262 g/mol. The maximum absolute atomic E-state index is 11.6. The van der Waals surface area contributed by atoms with Crippen LogP contribution in [0, 0.1) is 13.8 Å². The van der Waals surface area contributed by atoms with Gasteiger partial charge in [-0.3, -0.25) is 4.79 Å². The van der Waals surface area contributed by atoms with Gasteiger partial charge in [0.05, 0.1) is 18.8 Å². The highest BCUT2D eigenvalue weighted by Gasteiger charge is 2.12. The first-order valence-corrected chi connectivity index (χ1v) is 6.16. The molecule has 2 N–H and O–H groups in total. The number of carbonyl (C=O) groups excluding carboxylic acids is 1. The molecule has 0 atom stereocenters. The molecule has 6 heteroatoms. The molecule has 1 aromatic carbocycles. The van der Waals surface area contributed by atoms with Gasteiger partial charge in [-0.15, -0.1) is 0 Å².